The Balaban J connectivity index is 3.16. The fourth-order valence-corrected chi connectivity index (χ4v) is 2.84. The number of hydrogen-bond donors (Lipinski definition) is 0. The second-order valence-electron chi connectivity index (χ2n) is 3.40. The van der Waals surface area contributed by atoms with Crippen LogP contribution in [-0.4, -0.2) is 23.8 Å². The molecule has 0 N–H and O–H groups in total. The zero-order chi connectivity index (χ0) is 13.1. The standard InChI is InChI=1S/C10H14O5S2/c1-3-15-17(13,14)10-5-4-8(2)9(6-10)7-16(11)12/h4-6H,3,7H2,1-2H3,(H,11,12)/p-1. The van der Waals surface area contributed by atoms with Gasteiger partial charge in [-0.15, -0.1) is 0 Å². The normalized spacial score (nSPS) is 13.6. The molecule has 0 bridgehead atoms. The first-order chi connectivity index (χ1) is 7.86. The highest BCUT2D eigenvalue weighted by Crippen LogP contribution is 2.18. The highest BCUT2D eigenvalue weighted by molar-refractivity contribution is 7.86. The van der Waals surface area contributed by atoms with E-state index in [4.69, 9.17) is 0 Å². The molecule has 1 aromatic carbocycles. The maximum atomic E-state index is 11.6. The summed E-state index contributed by atoms with van der Waals surface area (Å²) in [5, 5.41) is 0. The Kier molecular flexibility index (Phi) is 4.81. The monoisotopic (exact) mass is 277 g/mol. The number of aryl methyl sites for hydroxylation is 1. The molecule has 0 amide bonds. The van der Waals surface area contributed by atoms with Crippen LogP contribution in [0.2, 0.25) is 0 Å². The summed E-state index contributed by atoms with van der Waals surface area (Å²) >= 11 is -2.25. The maximum absolute atomic E-state index is 11.6. The van der Waals surface area contributed by atoms with Gasteiger partial charge in [0.15, 0.2) is 0 Å². The summed E-state index contributed by atoms with van der Waals surface area (Å²) in [6.07, 6.45) is 0. The van der Waals surface area contributed by atoms with Gasteiger partial charge in [0.25, 0.3) is 10.1 Å². The molecule has 1 aromatic rings. The Morgan fingerprint density at radius 2 is 2.06 bits per heavy atom. The Morgan fingerprint density at radius 1 is 1.41 bits per heavy atom. The third-order valence-corrected chi connectivity index (χ3v) is 4.08. The summed E-state index contributed by atoms with van der Waals surface area (Å²) in [6.45, 7) is 3.33. The van der Waals surface area contributed by atoms with Crippen molar-refractivity contribution < 1.29 is 21.4 Å². The van der Waals surface area contributed by atoms with Crippen LogP contribution in [0, 0.1) is 6.92 Å². The van der Waals surface area contributed by atoms with Crippen molar-refractivity contribution in [3.8, 4) is 0 Å². The molecule has 1 unspecified atom stereocenters. The summed E-state index contributed by atoms with van der Waals surface area (Å²) in [7, 11) is -3.79. The molecular weight excluding hydrogens is 264 g/mol. The van der Waals surface area contributed by atoms with Gasteiger partial charge in [0.1, 0.15) is 0 Å². The minimum absolute atomic E-state index is 0.0228. The van der Waals surface area contributed by atoms with Crippen LogP contribution in [0.25, 0.3) is 0 Å². The van der Waals surface area contributed by atoms with Crippen LogP contribution < -0.4 is 0 Å². The van der Waals surface area contributed by atoms with Gasteiger partial charge in [-0.3, -0.25) is 8.39 Å². The van der Waals surface area contributed by atoms with Crippen LogP contribution in [0.15, 0.2) is 23.1 Å². The van der Waals surface area contributed by atoms with Crippen LogP contribution in [-0.2, 0) is 31.1 Å². The smallest absolute Gasteiger partial charge is 0.296 e. The Labute approximate surface area is 103 Å². The van der Waals surface area contributed by atoms with E-state index in [1.54, 1.807) is 19.9 Å². The maximum Gasteiger partial charge on any atom is 0.296 e. The van der Waals surface area contributed by atoms with Gasteiger partial charge in [-0.1, -0.05) is 17.1 Å². The molecule has 0 saturated heterocycles. The van der Waals surface area contributed by atoms with E-state index in [9.17, 15) is 17.2 Å². The van der Waals surface area contributed by atoms with Gasteiger partial charge < -0.3 is 4.55 Å². The summed E-state index contributed by atoms with van der Waals surface area (Å²) in [4.78, 5) is -0.0228. The van der Waals surface area contributed by atoms with E-state index in [-0.39, 0.29) is 17.3 Å². The van der Waals surface area contributed by atoms with E-state index in [2.05, 4.69) is 4.18 Å². The van der Waals surface area contributed by atoms with Crippen molar-refractivity contribution in [2.24, 2.45) is 0 Å². The number of hydrogen-bond acceptors (Lipinski definition) is 5. The average molecular weight is 277 g/mol. The lowest BCUT2D eigenvalue weighted by molar-refractivity contribution is 0.338. The molecule has 0 aliphatic heterocycles. The van der Waals surface area contributed by atoms with Gasteiger partial charge in [0.2, 0.25) is 0 Å². The van der Waals surface area contributed by atoms with Crippen LogP contribution >= 0.6 is 0 Å². The first-order valence-corrected chi connectivity index (χ1v) is 7.57. The van der Waals surface area contributed by atoms with Crippen LogP contribution in [0.4, 0.5) is 0 Å². The molecule has 0 fully saturated rings. The minimum Gasteiger partial charge on any atom is -0.772 e. The van der Waals surface area contributed by atoms with Crippen molar-refractivity contribution >= 4 is 21.2 Å². The Hall–Kier alpha value is -0.760. The van der Waals surface area contributed by atoms with Gasteiger partial charge in [-0.25, -0.2) is 0 Å². The third kappa shape index (κ3) is 3.88. The molecule has 1 atom stereocenters. The van der Waals surface area contributed by atoms with Crippen molar-refractivity contribution in [1.29, 1.82) is 0 Å². The van der Waals surface area contributed by atoms with Gasteiger partial charge >= 0.3 is 0 Å². The minimum atomic E-state index is -3.79. The van der Waals surface area contributed by atoms with E-state index in [0.29, 0.717) is 5.56 Å². The van der Waals surface area contributed by atoms with Gasteiger partial charge in [-0.2, -0.15) is 8.42 Å². The SMILES string of the molecule is CCOS(=O)(=O)c1ccc(C)c(CS(=O)[O-])c1. The lowest BCUT2D eigenvalue weighted by atomic mass is 10.1. The summed E-state index contributed by atoms with van der Waals surface area (Å²) in [5.74, 6) is -0.207. The van der Waals surface area contributed by atoms with Crippen molar-refractivity contribution in [3.05, 3.63) is 29.3 Å². The summed E-state index contributed by atoms with van der Waals surface area (Å²) < 4.78 is 49.1. The van der Waals surface area contributed by atoms with E-state index < -0.39 is 21.2 Å². The summed E-state index contributed by atoms with van der Waals surface area (Å²) in [6, 6.07) is 4.29. The van der Waals surface area contributed by atoms with Crippen molar-refractivity contribution in [2.45, 2.75) is 24.5 Å². The van der Waals surface area contributed by atoms with Gasteiger partial charge in [-0.05, 0) is 37.1 Å². The third-order valence-electron chi connectivity index (χ3n) is 2.16. The van der Waals surface area contributed by atoms with Crippen LogP contribution in [0.3, 0.4) is 0 Å². The molecule has 0 aliphatic rings. The molecule has 0 aromatic heterocycles. The fourth-order valence-electron chi connectivity index (χ4n) is 1.31. The molecule has 0 saturated carbocycles. The predicted octanol–water partition coefficient (Wildman–Crippen LogP) is 1.10. The Morgan fingerprint density at radius 3 is 2.59 bits per heavy atom. The topological polar surface area (TPSA) is 83.5 Å². The largest absolute Gasteiger partial charge is 0.772 e. The van der Waals surface area contributed by atoms with E-state index >= 15 is 0 Å². The molecule has 96 valence electrons. The molecule has 5 nitrogen and oxygen atoms in total. The average Bonchev–Trinajstić information content (AvgIpc) is 2.20. The van der Waals surface area contributed by atoms with Crippen LogP contribution in [0.5, 0.6) is 0 Å². The highest BCUT2D eigenvalue weighted by atomic mass is 32.2. The zero-order valence-corrected chi connectivity index (χ0v) is 11.1. The van der Waals surface area contributed by atoms with Gasteiger partial charge in [0.05, 0.1) is 11.5 Å². The first-order valence-electron chi connectivity index (χ1n) is 4.91. The molecule has 7 heteroatoms. The fraction of sp³-hybridized carbons (Fsp3) is 0.400. The number of rotatable bonds is 5. The molecule has 0 heterocycles. The van der Waals surface area contributed by atoms with Crippen molar-refractivity contribution in [2.75, 3.05) is 6.61 Å². The number of benzene rings is 1. The molecule has 0 aliphatic carbocycles. The molecule has 1 rings (SSSR count). The second-order valence-corrected chi connectivity index (χ2v) is 5.91. The molecule has 17 heavy (non-hydrogen) atoms. The first kappa shape index (κ1) is 14.3. The zero-order valence-electron chi connectivity index (χ0n) is 9.50. The van der Waals surface area contributed by atoms with Crippen molar-refractivity contribution in [3.63, 3.8) is 0 Å². The predicted molar refractivity (Wildman–Crippen MR) is 62.6 cm³/mol. The lowest BCUT2D eigenvalue weighted by Crippen LogP contribution is -2.07. The van der Waals surface area contributed by atoms with Crippen LogP contribution in [0.1, 0.15) is 18.1 Å². The molecule has 0 spiro atoms. The second kappa shape index (κ2) is 5.72. The summed E-state index contributed by atoms with van der Waals surface area (Å²) in [5.41, 5.74) is 1.18. The van der Waals surface area contributed by atoms with Gasteiger partial charge in [0, 0.05) is 5.75 Å². The molecule has 0 radical (unpaired) electrons. The quantitative estimate of drug-likeness (QED) is 0.594. The highest BCUT2D eigenvalue weighted by Gasteiger charge is 2.15. The Bertz CT molecular complexity index is 521. The van der Waals surface area contributed by atoms with E-state index in [0.717, 1.165) is 5.56 Å². The lowest BCUT2D eigenvalue weighted by Gasteiger charge is -2.10. The van der Waals surface area contributed by atoms with E-state index in [1.165, 1.54) is 12.1 Å². The molecular formula is C10H13O5S2-. The van der Waals surface area contributed by atoms with E-state index in [1.807, 2.05) is 0 Å². The van der Waals surface area contributed by atoms with Crippen molar-refractivity contribution in [1.82, 2.24) is 0 Å².